The van der Waals surface area contributed by atoms with Crippen LogP contribution in [0.4, 0.5) is 0 Å². The van der Waals surface area contributed by atoms with Crippen LogP contribution in [0.3, 0.4) is 0 Å². The van der Waals surface area contributed by atoms with Crippen LogP contribution in [0.1, 0.15) is 27.8 Å². The molecular weight excluding hydrogens is 304 g/mol. The molecule has 0 unspecified atom stereocenters. The molecule has 0 spiro atoms. The fraction of sp³-hybridized carbons (Fsp3) is 0.100. The van der Waals surface area contributed by atoms with E-state index in [0.29, 0.717) is 16.5 Å². The summed E-state index contributed by atoms with van der Waals surface area (Å²) >= 11 is 0. The summed E-state index contributed by atoms with van der Waals surface area (Å²) < 4.78 is 10.7. The van der Waals surface area contributed by atoms with Crippen LogP contribution >= 0.6 is 0 Å². The van der Waals surface area contributed by atoms with Gasteiger partial charge in [-0.2, -0.15) is 0 Å². The van der Waals surface area contributed by atoms with Gasteiger partial charge in [0.1, 0.15) is 5.58 Å². The van der Waals surface area contributed by atoms with E-state index in [1.54, 1.807) is 13.0 Å². The fourth-order valence-corrected chi connectivity index (χ4v) is 3.09. The summed E-state index contributed by atoms with van der Waals surface area (Å²) in [6.45, 7) is 2.00. The summed E-state index contributed by atoms with van der Waals surface area (Å²) in [5, 5.41) is 4.53. The molecule has 4 rings (SSSR count). The van der Waals surface area contributed by atoms with Gasteiger partial charge in [-0.3, -0.25) is 4.79 Å². The van der Waals surface area contributed by atoms with E-state index in [9.17, 15) is 9.59 Å². The second-order valence-electron chi connectivity index (χ2n) is 5.54. The number of rotatable bonds is 3. The summed E-state index contributed by atoms with van der Waals surface area (Å²) in [6, 6.07) is 15.3. The Bertz CT molecular complexity index is 1100. The smallest absolute Gasteiger partial charge is 0.374 e. The minimum atomic E-state index is -0.528. The van der Waals surface area contributed by atoms with Crippen molar-refractivity contribution in [1.29, 1.82) is 0 Å². The number of benzene rings is 3. The van der Waals surface area contributed by atoms with Crippen molar-refractivity contribution in [3.05, 3.63) is 59.9 Å². The van der Waals surface area contributed by atoms with Gasteiger partial charge in [0, 0.05) is 22.4 Å². The van der Waals surface area contributed by atoms with Crippen LogP contribution < -0.4 is 0 Å². The highest BCUT2D eigenvalue weighted by Crippen LogP contribution is 2.35. The van der Waals surface area contributed by atoms with Gasteiger partial charge in [0.15, 0.2) is 6.29 Å². The zero-order chi connectivity index (χ0) is 16.7. The Morgan fingerprint density at radius 3 is 2.67 bits per heavy atom. The topological polar surface area (TPSA) is 56.5 Å². The molecule has 0 bridgehead atoms. The molecule has 0 aliphatic heterocycles. The standard InChI is InChI=1S/C20H14O4/c1-2-23-20(22)18-10-16-13(11-21)9-17-14-6-4-3-5-12(14)7-8-15(17)19(16)24-18/h3-11H,2H2,1H3. The lowest BCUT2D eigenvalue weighted by molar-refractivity contribution is 0.0492. The number of carbonyl (C=O) groups is 2. The molecule has 0 atom stereocenters. The largest absolute Gasteiger partial charge is 0.460 e. The molecule has 118 valence electrons. The Morgan fingerprint density at radius 2 is 1.88 bits per heavy atom. The second kappa shape index (κ2) is 5.49. The lowest BCUT2D eigenvalue weighted by atomic mass is 9.98. The number of hydrogen-bond donors (Lipinski definition) is 0. The molecule has 4 nitrogen and oxygen atoms in total. The first kappa shape index (κ1) is 14.5. The van der Waals surface area contributed by atoms with Crippen LogP contribution in [-0.2, 0) is 4.74 Å². The van der Waals surface area contributed by atoms with Crippen molar-refractivity contribution in [1.82, 2.24) is 0 Å². The van der Waals surface area contributed by atoms with Crippen LogP contribution in [0.2, 0.25) is 0 Å². The summed E-state index contributed by atoms with van der Waals surface area (Å²) in [5.41, 5.74) is 1.02. The van der Waals surface area contributed by atoms with Crippen LogP contribution in [0, 0.1) is 0 Å². The van der Waals surface area contributed by atoms with Gasteiger partial charge >= 0.3 is 5.97 Å². The van der Waals surface area contributed by atoms with E-state index in [1.807, 2.05) is 42.5 Å². The zero-order valence-corrected chi connectivity index (χ0v) is 13.0. The Kier molecular flexibility index (Phi) is 3.31. The molecular formula is C20H14O4. The van der Waals surface area contributed by atoms with Crippen molar-refractivity contribution < 1.29 is 18.7 Å². The average Bonchev–Trinajstić information content (AvgIpc) is 3.06. The number of esters is 1. The van der Waals surface area contributed by atoms with Gasteiger partial charge in [0.2, 0.25) is 5.76 Å². The third-order valence-electron chi connectivity index (χ3n) is 4.16. The minimum Gasteiger partial charge on any atom is -0.460 e. The molecule has 1 heterocycles. The number of ether oxygens (including phenoxy) is 1. The molecule has 0 saturated heterocycles. The molecule has 0 radical (unpaired) electrons. The highest BCUT2D eigenvalue weighted by atomic mass is 16.5. The molecule has 0 saturated carbocycles. The fourth-order valence-electron chi connectivity index (χ4n) is 3.09. The quantitative estimate of drug-likeness (QED) is 0.311. The molecule has 0 fully saturated rings. The van der Waals surface area contributed by atoms with Crippen molar-refractivity contribution in [3.63, 3.8) is 0 Å². The Labute approximate surface area is 137 Å². The average molecular weight is 318 g/mol. The van der Waals surface area contributed by atoms with Crippen molar-refractivity contribution in [3.8, 4) is 0 Å². The highest BCUT2D eigenvalue weighted by Gasteiger charge is 2.18. The van der Waals surface area contributed by atoms with Gasteiger partial charge in [-0.25, -0.2) is 4.79 Å². The SMILES string of the molecule is CCOC(=O)c1cc2c(C=O)cc3c4ccccc4ccc3c2o1. The second-order valence-corrected chi connectivity index (χ2v) is 5.54. The van der Waals surface area contributed by atoms with E-state index in [1.165, 1.54) is 0 Å². The lowest BCUT2D eigenvalue weighted by Gasteiger charge is -2.06. The van der Waals surface area contributed by atoms with Gasteiger partial charge < -0.3 is 9.15 Å². The first-order chi connectivity index (χ1) is 11.7. The molecule has 0 aliphatic rings. The summed E-state index contributed by atoms with van der Waals surface area (Å²) in [5.74, 6) is -0.421. The number of aldehydes is 1. The lowest BCUT2D eigenvalue weighted by Crippen LogP contribution is -2.02. The van der Waals surface area contributed by atoms with Crippen LogP contribution in [0.25, 0.3) is 32.5 Å². The third kappa shape index (κ3) is 2.07. The van der Waals surface area contributed by atoms with E-state index >= 15 is 0 Å². The molecule has 4 heteroatoms. The number of fused-ring (bicyclic) bond motifs is 5. The Hall–Kier alpha value is -3.14. The van der Waals surface area contributed by atoms with E-state index in [0.717, 1.165) is 27.8 Å². The van der Waals surface area contributed by atoms with E-state index in [4.69, 9.17) is 9.15 Å². The van der Waals surface area contributed by atoms with Gasteiger partial charge in [0.25, 0.3) is 0 Å². The van der Waals surface area contributed by atoms with Crippen LogP contribution in [0.5, 0.6) is 0 Å². The molecule has 4 aromatic rings. The molecule has 0 aliphatic carbocycles. The maximum absolute atomic E-state index is 12.0. The number of furan rings is 1. The van der Waals surface area contributed by atoms with Crippen molar-refractivity contribution in [2.45, 2.75) is 6.92 Å². The summed E-state index contributed by atoms with van der Waals surface area (Å²) in [7, 11) is 0. The first-order valence-electron chi connectivity index (χ1n) is 7.73. The first-order valence-corrected chi connectivity index (χ1v) is 7.73. The molecule has 3 aromatic carbocycles. The maximum atomic E-state index is 12.0. The number of hydrogen-bond acceptors (Lipinski definition) is 4. The predicted octanol–water partition coefficient (Wildman–Crippen LogP) is 4.73. The Balaban J connectivity index is 2.11. The summed E-state index contributed by atoms with van der Waals surface area (Å²) in [4.78, 5) is 23.5. The predicted molar refractivity (Wildman–Crippen MR) is 92.6 cm³/mol. The van der Waals surface area contributed by atoms with Crippen molar-refractivity contribution in [2.75, 3.05) is 6.61 Å². The van der Waals surface area contributed by atoms with Crippen LogP contribution in [0.15, 0.2) is 52.9 Å². The van der Waals surface area contributed by atoms with Crippen molar-refractivity contribution in [2.24, 2.45) is 0 Å². The van der Waals surface area contributed by atoms with Crippen LogP contribution in [-0.4, -0.2) is 18.9 Å². The Morgan fingerprint density at radius 1 is 1.04 bits per heavy atom. The molecule has 0 N–H and O–H groups in total. The van der Waals surface area contributed by atoms with Gasteiger partial charge in [-0.15, -0.1) is 0 Å². The van der Waals surface area contributed by atoms with E-state index in [2.05, 4.69) is 0 Å². The maximum Gasteiger partial charge on any atom is 0.374 e. The van der Waals surface area contributed by atoms with E-state index in [-0.39, 0.29) is 12.4 Å². The monoisotopic (exact) mass is 318 g/mol. The van der Waals surface area contributed by atoms with Gasteiger partial charge in [-0.1, -0.05) is 30.3 Å². The van der Waals surface area contributed by atoms with Crippen molar-refractivity contribution >= 4 is 44.8 Å². The molecule has 1 aromatic heterocycles. The third-order valence-corrected chi connectivity index (χ3v) is 4.16. The number of carbonyl (C=O) groups excluding carboxylic acids is 2. The molecule has 0 amide bonds. The summed E-state index contributed by atoms with van der Waals surface area (Å²) in [6.07, 6.45) is 0.786. The van der Waals surface area contributed by atoms with E-state index < -0.39 is 5.97 Å². The minimum absolute atomic E-state index is 0.107. The molecule has 24 heavy (non-hydrogen) atoms. The highest BCUT2D eigenvalue weighted by molar-refractivity contribution is 6.19. The van der Waals surface area contributed by atoms with Gasteiger partial charge in [0.05, 0.1) is 6.61 Å². The zero-order valence-electron chi connectivity index (χ0n) is 13.0. The van der Waals surface area contributed by atoms with Gasteiger partial charge in [-0.05, 0) is 35.2 Å². The normalized spacial score (nSPS) is 11.2.